The number of hydrogen-bond acceptors (Lipinski definition) is 5. The smallest absolute Gasteiger partial charge is 0.203 e. The highest BCUT2D eigenvalue weighted by molar-refractivity contribution is 7.71. The molecule has 1 aliphatic heterocycles. The van der Waals surface area contributed by atoms with Crippen LogP contribution in [-0.2, 0) is 6.67 Å². The number of fused-ring (bicyclic) bond motifs is 2. The molecular weight excluding hydrogens is 362 g/mol. The first-order valence-corrected chi connectivity index (χ1v) is 10.2. The summed E-state index contributed by atoms with van der Waals surface area (Å²) >= 11 is 7.44. The van der Waals surface area contributed by atoms with E-state index in [-0.39, 0.29) is 0 Å². The Hall–Kier alpha value is -2.09. The zero-order valence-corrected chi connectivity index (χ0v) is 15.9. The lowest BCUT2D eigenvalue weighted by molar-refractivity contribution is 0.103. The van der Waals surface area contributed by atoms with E-state index in [0.29, 0.717) is 12.7 Å². The van der Waals surface area contributed by atoms with Gasteiger partial charge in [-0.1, -0.05) is 24.6 Å². The number of para-hydroxylation sites is 1. The number of hydrogen-bond donors (Lipinski definition) is 0. The summed E-state index contributed by atoms with van der Waals surface area (Å²) in [6.07, 6.45) is 5.57. The van der Waals surface area contributed by atoms with E-state index in [1.54, 1.807) is 0 Å². The number of likely N-dealkylation sites (tertiary alicyclic amines) is 1. The molecule has 0 N–H and O–H groups in total. The molecule has 7 heteroatoms. The summed E-state index contributed by atoms with van der Waals surface area (Å²) in [5, 5.41) is 5.90. The highest BCUT2D eigenvalue weighted by Gasteiger charge is 2.27. The number of benzene rings is 1. The third kappa shape index (κ3) is 2.76. The molecule has 0 radical (unpaired) electrons. The minimum Gasteiger partial charge on any atom is -0.275 e. The van der Waals surface area contributed by atoms with Crippen molar-refractivity contribution in [1.29, 1.82) is 0 Å². The molecule has 3 aromatic heterocycles. The van der Waals surface area contributed by atoms with Gasteiger partial charge in [-0.15, -0.1) is 11.3 Å². The monoisotopic (exact) mass is 381 g/mol. The first-order valence-electron chi connectivity index (χ1n) is 8.93. The quantitative estimate of drug-likeness (QED) is 0.484. The molecule has 4 aromatic rings. The minimum atomic E-state index is 0.341. The maximum absolute atomic E-state index is 5.63. The highest BCUT2D eigenvalue weighted by atomic mass is 32.1. The van der Waals surface area contributed by atoms with Gasteiger partial charge in [-0.3, -0.25) is 9.30 Å². The second-order valence-corrected chi connectivity index (χ2v) is 8.12. The summed E-state index contributed by atoms with van der Waals surface area (Å²) in [6.45, 7) is 1.76. The van der Waals surface area contributed by atoms with Crippen LogP contribution in [0.15, 0.2) is 48.7 Å². The molecule has 5 rings (SSSR count). The third-order valence-electron chi connectivity index (χ3n) is 5.01. The van der Waals surface area contributed by atoms with Crippen molar-refractivity contribution >= 4 is 39.4 Å². The van der Waals surface area contributed by atoms with Crippen LogP contribution >= 0.6 is 23.6 Å². The van der Waals surface area contributed by atoms with Crippen molar-refractivity contribution < 1.29 is 0 Å². The summed E-state index contributed by atoms with van der Waals surface area (Å²) < 4.78 is 5.91. The molecule has 1 aromatic carbocycles. The Balaban J connectivity index is 1.49. The second-order valence-electron chi connectivity index (χ2n) is 6.70. The summed E-state index contributed by atoms with van der Waals surface area (Å²) in [6, 6.07) is 14.7. The number of rotatable bonds is 3. The Labute approximate surface area is 160 Å². The van der Waals surface area contributed by atoms with Crippen molar-refractivity contribution in [3.8, 4) is 0 Å². The number of piperidine rings is 1. The van der Waals surface area contributed by atoms with Gasteiger partial charge in [-0.05, 0) is 49.3 Å². The molecule has 0 bridgehead atoms. The first kappa shape index (κ1) is 16.1. The Morgan fingerprint density at radius 3 is 2.88 bits per heavy atom. The van der Waals surface area contributed by atoms with Crippen molar-refractivity contribution in [3.05, 3.63) is 58.4 Å². The van der Waals surface area contributed by atoms with Crippen LogP contribution in [0.25, 0.3) is 15.9 Å². The van der Waals surface area contributed by atoms with Gasteiger partial charge in [0.1, 0.15) is 5.01 Å². The topological polar surface area (TPSA) is 38.4 Å². The average molecular weight is 382 g/mol. The van der Waals surface area contributed by atoms with Gasteiger partial charge in [0.05, 0.1) is 22.9 Å². The van der Waals surface area contributed by atoms with E-state index in [1.807, 2.05) is 44.8 Å². The summed E-state index contributed by atoms with van der Waals surface area (Å²) in [5.74, 6) is 0. The molecule has 1 fully saturated rings. The van der Waals surface area contributed by atoms with Crippen LogP contribution in [0, 0.1) is 4.77 Å². The molecule has 0 spiro atoms. The fourth-order valence-electron chi connectivity index (χ4n) is 3.70. The molecule has 0 aliphatic carbocycles. The minimum absolute atomic E-state index is 0.341. The molecule has 1 unspecified atom stereocenters. The fraction of sp³-hybridized carbons (Fsp3) is 0.316. The van der Waals surface area contributed by atoms with Gasteiger partial charge < -0.3 is 0 Å². The van der Waals surface area contributed by atoms with Crippen LogP contribution in [-0.4, -0.2) is 30.6 Å². The lowest BCUT2D eigenvalue weighted by Crippen LogP contribution is -2.35. The maximum Gasteiger partial charge on any atom is 0.203 e. The summed E-state index contributed by atoms with van der Waals surface area (Å²) in [7, 11) is 0. The molecule has 1 atom stereocenters. The number of pyridine rings is 1. The van der Waals surface area contributed by atoms with E-state index in [1.165, 1.54) is 22.5 Å². The van der Waals surface area contributed by atoms with E-state index in [2.05, 4.69) is 29.2 Å². The fourth-order valence-corrected chi connectivity index (χ4v) is 5.09. The highest BCUT2D eigenvalue weighted by Crippen LogP contribution is 2.35. The molecule has 132 valence electrons. The van der Waals surface area contributed by atoms with Gasteiger partial charge in [0.25, 0.3) is 0 Å². The van der Waals surface area contributed by atoms with E-state index >= 15 is 0 Å². The Morgan fingerprint density at radius 1 is 1.12 bits per heavy atom. The van der Waals surface area contributed by atoms with E-state index < -0.39 is 0 Å². The SMILES string of the molecule is S=c1n(CN2CCCCC2c2nc3ccccc3s2)nc2ccccn12. The third-order valence-corrected chi connectivity index (χ3v) is 6.56. The zero-order chi connectivity index (χ0) is 17.5. The number of aromatic nitrogens is 4. The second kappa shape index (κ2) is 6.57. The largest absolute Gasteiger partial charge is 0.275 e. The van der Waals surface area contributed by atoms with Gasteiger partial charge in [-0.2, -0.15) is 5.10 Å². The standard InChI is InChI=1S/C19H19N5S2/c25-19-23-12-6-4-10-17(23)21-24(19)13-22-11-5-3-8-15(22)18-20-14-7-1-2-9-16(14)26-18/h1-2,4,6-7,9-10,12,15H,3,5,8,11,13H2. The normalized spacial score (nSPS) is 18.7. The van der Waals surface area contributed by atoms with Crippen molar-refractivity contribution in [2.45, 2.75) is 32.0 Å². The first-order chi connectivity index (χ1) is 12.8. The van der Waals surface area contributed by atoms with Gasteiger partial charge in [0.15, 0.2) is 5.65 Å². The van der Waals surface area contributed by atoms with Gasteiger partial charge >= 0.3 is 0 Å². The van der Waals surface area contributed by atoms with Crippen LogP contribution in [0.4, 0.5) is 0 Å². The average Bonchev–Trinajstić information content (AvgIpc) is 3.24. The van der Waals surface area contributed by atoms with Crippen LogP contribution in [0.2, 0.25) is 0 Å². The summed E-state index contributed by atoms with van der Waals surface area (Å²) in [5.41, 5.74) is 1.99. The molecule has 1 saturated heterocycles. The lowest BCUT2D eigenvalue weighted by atomic mass is 10.0. The molecular formula is C19H19N5S2. The van der Waals surface area contributed by atoms with Crippen LogP contribution in [0.3, 0.4) is 0 Å². The molecule has 5 nitrogen and oxygen atoms in total. The van der Waals surface area contributed by atoms with Crippen molar-refractivity contribution in [2.24, 2.45) is 0 Å². The predicted molar refractivity (Wildman–Crippen MR) is 107 cm³/mol. The maximum atomic E-state index is 5.63. The van der Waals surface area contributed by atoms with E-state index in [4.69, 9.17) is 22.3 Å². The molecule has 0 amide bonds. The van der Waals surface area contributed by atoms with Crippen molar-refractivity contribution in [1.82, 2.24) is 24.1 Å². The van der Waals surface area contributed by atoms with Crippen LogP contribution in [0.1, 0.15) is 30.3 Å². The molecule has 1 aliphatic rings. The number of thiazole rings is 1. The number of nitrogens with zero attached hydrogens (tertiary/aromatic N) is 5. The van der Waals surface area contributed by atoms with Crippen LogP contribution in [0.5, 0.6) is 0 Å². The van der Waals surface area contributed by atoms with Gasteiger partial charge in [0.2, 0.25) is 4.77 Å². The molecule has 4 heterocycles. The Bertz CT molecular complexity index is 1090. The summed E-state index contributed by atoms with van der Waals surface area (Å²) in [4.78, 5) is 7.39. The Kier molecular flexibility index (Phi) is 4.07. The van der Waals surface area contributed by atoms with Crippen LogP contribution < -0.4 is 0 Å². The van der Waals surface area contributed by atoms with E-state index in [9.17, 15) is 0 Å². The van der Waals surface area contributed by atoms with Gasteiger partial charge in [-0.25, -0.2) is 9.67 Å². The Morgan fingerprint density at radius 2 is 2.00 bits per heavy atom. The predicted octanol–water partition coefficient (Wildman–Crippen LogP) is 4.66. The molecule has 0 saturated carbocycles. The van der Waals surface area contributed by atoms with Gasteiger partial charge in [0, 0.05) is 12.7 Å². The van der Waals surface area contributed by atoms with Crippen molar-refractivity contribution in [3.63, 3.8) is 0 Å². The lowest BCUT2D eigenvalue weighted by Gasteiger charge is -2.34. The molecule has 26 heavy (non-hydrogen) atoms. The van der Waals surface area contributed by atoms with Crippen molar-refractivity contribution in [2.75, 3.05) is 6.54 Å². The van der Waals surface area contributed by atoms with E-state index in [0.717, 1.165) is 28.9 Å². The zero-order valence-electron chi connectivity index (χ0n) is 14.3.